The number of halogens is 2. The average Bonchev–Trinajstić information content (AvgIpc) is 2.62. The second kappa shape index (κ2) is 6.45. The Morgan fingerprint density at radius 2 is 1.88 bits per heavy atom. The Morgan fingerprint density at radius 1 is 1.19 bits per heavy atom. The summed E-state index contributed by atoms with van der Waals surface area (Å²) in [4.78, 5) is 30.9. The number of piperidine rings is 1. The molecule has 2 aromatic rings. The van der Waals surface area contributed by atoms with E-state index in [-0.39, 0.29) is 30.2 Å². The fraction of sp³-hybridized carbons (Fsp3) is 0.526. The summed E-state index contributed by atoms with van der Waals surface area (Å²) in [6.07, 6.45) is 2.49. The van der Waals surface area contributed by atoms with Gasteiger partial charge in [-0.15, -0.1) is 0 Å². The number of carbonyl (C=O) groups is 1. The van der Waals surface area contributed by atoms with Crippen LogP contribution in [0.25, 0.3) is 10.9 Å². The molecule has 138 valence electrons. The third-order valence-electron chi connectivity index (χ3n) is 5.55. The van der Waals surface area contributed by atoms with E-state index in [1.807, 2.05) is 18.2 Å². The van der Waals surface area contributed by atoms with Crippen molar-refractivity contribution >= 4 is 16.8 Å². The number of alkyl halides is 2. The fourth-order valence-electron chi connectivity index (χ4n) is 3.94. The summed E-state index contributed by atoms with van der Waals surface area (Å²) in [5.41, 5.74) is 0.636. The minimum Gasteiger partial charge on any atom is -0.342 e. The number of carbonyl (C=O) groups excluding carboxylic acids is 1. The third-order valence-corrected chi connectivity index (χ3v) is 5.55. The van der Waals surface area contributed by atoms with E-state index < -0.39 is 11.8 Å². The van der Waals surface area contributed by atoms with Gasteiger partial charge in [0.1, 0.15) is 0 Å². The van der Waals surface area contributed by atoms with Crippen LogP contribution in [0.3, 0.4) is 0 Å². The van der Waals surface area contributed by atoms with Crippen LogP contribution in [0.2, 0.25) is 0 Å². The Balaban J connectivity index is 1.36. The first-order valence-corrected chi connectivity index (χ1v) is 9.04. The van der Waals surface area contributed by atoms with Crippen LogP contribution in [-0.2, 0) is 11.3 Å². The number of rotatable bonds is 3. The summed E-state index contributed by atoms with van der Waals surface area (Å²) in [6.45, 7) is 1.71. The molecule has 2 heterocycles. The first-order valence-electron chi connectivity index (χ1n) is 9.04. The number of para-hydroxylation sites is 1. The lowest BCUT2D eigenvalue weighted by Gasteiger charge is -2.39. The minimum absolute atomic E-state index is 0.0502. The van der Waals surface area contributed by atoms with Crippen molar-refractivity contribution in [2.75, 3.05) is 13.1 Å². The minimum atomic E-state index is -2.66. The molecule has 0 bridgehead atoms. The van der Waals surface area contributed by atoms with Crippen molar-refractivity contribution < 1.29 is 13.6 Å². The molecule has 1 aromatic carbocycles. The van der Waals surface area contributed by atoms with Crippen LogP contribution in [0.5, 0.6) is 0 Å². The number of fused-ring (bicyclic) bond motifs is 1. The van der Waals surface area contributed by atoms with Gasteiger partial charge in [0.15, 0.2) is 0 Å². The van der Waals surface area contributed by atoms with Crippen molar-refractivity contribution in [3.63, 3.8) is 0 Å². The zero-order valence-electron chi connectivity index (χ0n) is 14.4. The second-order valence-corrected chi connectivity index (χ2v) is 7.45. The highest BCUT2D eigenvalue weighted by atomic mass is 19.3. The summed E-state index contributed by atoms with van der Waals surface area (Å²) in [6, 6.07) is 7.26. The lowest BCUT2D eigenvalue weighted by molar-refractivity contribution is -0.161. The van der Waals surface area contributed by atoms with Gasteiger partial charge in [-0.2, -0.15) is 0 Å². The lowest BCUT2D eigenvalue weighted by atomic mass is 9.80. The van der Waals surface area contributed by atoms with Gasteiger partial charge in [-0.05, 0) is 30.9 Å². The number of benzene rings is 1. The van der Waals surface area contributed by atoms with E-state index >= 15 is 0 Å². The quantitative estimate of drug-likeness (QED) is 0.845. The molecule has 0 unspecified atom stereocenters. The van der Waals surface area contributed by atoms with Crippen molar-refractivity contribution in [1.29, 1.82) is 0 Å². The van der Waals surface area contributed by atoms with Gasteiger partial charge in [0.25, 0.3) is 5.56 Å². The molecule has 1 saturated heterocycles. The van der Waals surface area contributed by atoms with Crippen molar-refractivity contribution in [2.24, 2.45) is 11.8 Å². The van der Waals surface area contributed by atoms with Crippen molar-refractivity contribution in [2.45, 2.75) is 38.2 Å². The van der Waals surface area contributed by atoms with Crippen LogP contribution in [0.4, 0.5) is 8.78 Å². The number of likely N-dealkylation sites (tertiary alicyclic amines) is 1. The van der Waals surface area contributed by atoms with Gasteiger partial charge < -0.3 is 4.90 Å². The molecular formula is C19H21F2N3O2. The molecule has 2 aliphatic rings. The molecule has 7 heteroatoms. The van der Waals surface area contributed by atoms with Gasteiger partial charge >= 0.3 is 0 Å². The molecule has 1 saturated carbocycles. The van der Waals surface area contributed by atoms with E-state index in [9.17, 15) is 18.4 Å². The Kier molecular flexibility index (Phi) is 4.25. The van der Waals surface area contributed by atoms with Gasteiger partial charge in [-0.3, -0.25) is 14.2 Å². The molecule has 0 N–H and O–H groups in total. The van der Waals surface area contributed by atoms with Crippen molar-refractivity contribution in [1.82, 2.24) is 14.5 Å². The molecule has 1 aliphatic heterocycles. The Labute approximate surface area is 149 Å². The van der Waals surface area contributed by atoms with E-state index in [1.165, 1.54) is 0 Å². The van der Waals surface area contributed by atoms with Gasteiger partial charge in [-0.25, -0.2) is 13.8 Å². The Bertz CT molecular complexity index is 880. The SMILES string of the molecule is O=C(C1CC(F)(F)C1)N1CCC(Cn2cnc3ccccc3c2=O)CC1. The number of aromatic nitrogens is 2. The molecular weight excluding hydrogens is 340 g/mol. The van der Waals surface area contributed by atoms with Gasteiger partial charge in [0.2, 0.25) is 11.8 Å². The maximum Gasteiger partial charge on any atom is 0.261 e. The predicted octanol–water partition coefficient (Wildman–Crippen LogP) is 2.68. The molecule has 5 nitrogen and oxygen atoms in total. The molecule has 2 fully saturated rings. The van der Waals surface area contributed by atoms with Gasteiger partial charge in [0.05, 0.1) is 17.2 Å². The van der Waals surface area contributed by atoms with E-state index in [1.54, 1.807) is 21.9 Å². The van der Waals surface area contributed by atoms with Gasteiger partial charge in [0, 0.05) is 38.4 Å². The monoisotopic (exact) mass is 361 g/mol. The molecule has 0 atom stereocenters. The molecule has 1 amide bonds. The Hall–Kier alpha value is -2.31. The summed E-state index contributed by atoms with van der Waals surface area (Å²) >= 11 is 0. The highest BCUT2D eigenvalue weighted by molar-refractivity contribution is 5.80. The standard InChI is InChI=1S/C19H21F2N3O2/c20-19(21)9-14(10-19)17(25)23-7-5-13(6-8-23)11-24-12-22-16-4-2-1-3-15(16)18(24)26/h1-4,12-14H,5-11H2. The zero-order chi connectivity index (χ0) is 18.3. The van der Waals surface area contributed by atoms with E-state index in [2.05, 4.69) is 4.98 Å². The van der Waals surface area contributed by atoms with Crippen LogP contribution in [-0.4, -0.2) is 39.4 Å². The molecule has 1 aliphatic carbocycles. The lowest BCUT2D eigenvalue weighted by Crippen LogP contribution is -2.49. The van der Waals surface area contributed by atoms with Crippen LogP contribution >= 0.6 is 0 Å². The highest BCUT2D eigenvalue weighted by Crippen LogP contribution is 2.43. The Morgan fingerprint density at radius 3 is 2.58 bits per heavy atom. The molecule has 1 aromatic heterocycles. The zero-order valence-corrected chi connectivity index (χ0v) is 14.4. The highest BCUT2D eigenvalue weighted by Gasteiger charge is 2.49. The van der Waals surface area contributed by atoms with Gasteiger partial charge in [-0.1, -0.05) is 12.1 Å². The number of hydrogen-bond donors (Lipinski definition) is 0. The number of nitrogens with zero attached hydrogens (tertiary/aromatic N) is 3. The predicted molar refractivity (Wildman–Crippen MR) is 93.0 cm³/mol. The maximum atomic E-state index is 13.0. The first kappa shape index (κ1) is 17.1. The summed E-state index contributed by atoms with van der Waals surface area (Å²) < 4.78 is 27.6. The average molecular weight is 361 g/mol. The number of hydrogen-bond acceptors (Lipinski definition) is 3. The largest absolute Gasteiger partial charge is 0.342 e. The number of amides is 1. The maximum absolute atomic E-state index is 13.0. The van der Waals surface area contributed by atoms with E-state index in [4.69, 9.17) is 0 Å². The van der Waals surface area contributed by atoms with Crippen LogP contribution in [0.1, 0.15) is 25.7 Å². The van der Waals surface area contributed by atoms with Crippen molar-refractivity contribution in [3.05, 3.63) is 40.9 Å². The fourth-order valence-corrected chi connectivity index (χ4v) is 3.94. The smallest absolute Gasteiger partial charge is 0.261 e. The molecule has 26 heavy (non-hydrogen) atoms. The van der Waals surface area contributed by atoms with Crippen LogP contribution < -0.4 is 5.56 Å². The topological polar surface area (TPSA) is 55.2 Å². The van der Waals surface area contributed by atoms with Crippen LogP contribution in [0.15, 0.2) is 35.4 Å². The summed E-state index contributed by atoms with van der Waals surface area (Å²) in [7, 11) is 0. The second-order valence-electron chi connectivity index (χ2n) is 7.45. The van der Waals surface area contributed by atoms with E-state index in [0.29, 0.717) is 30.5 Å². The third kappa shape index (κ3) is 3.22. The summed E-state index contributed by atoms with van der Waals surface area (Å²) in [5.74, 6) is -3.04. The molecule has 0 spiro atoms. The normalized spacial score (nSPS) is 20.9. The summed E-state index contributed by atoms with van der Waals surface area (Å²) in [5, 5.41) is 0.605. The molecule has 0 radical (unpaired) electrons. The van der Waals surface area contributed by atoms with Crippen molar-refractivity contribution in [3.8, 4) is 0 Å². The first-order chi connectivity index (χ1) is 12.4. The van der Waals surface area contributed by atoms with E-state index in [0.717, 1.165) is 12.8 Å². The molecule has 4 rings (SSSR count). The van der Waals surface area contributed by atoms with Crippen LogP contribution in [0, 0.1) is 11.8 Å².